The van der Waals surface area contributed by atoms with Crippen molar-refractivity contribution in [1.29, 1.82) is 0 Å². The lowest BCUT2D eigenvalue weighted by molar-refractivity contribution is -0.156. The molecular weight excluding hydrogens is 771 g/mol. The summed E-state index contributed by atoms with van der Waals surface area (Å²) >= 11 is 0. The highest BCUT2D eigenvalue weighted by Crippen LogP contribution is 2.29. The third kappa shape index (κ3) is 10.5. The second-order valence-electron chi connectivity index (χ2n) is 16.5. The zero-order valence-corrected chi connectivity index (χ0v) is 33.8. The van der Waals surface area contributed by atoms with E-state index in [0.29, 0.717) is 63.5 Å². The number of hydrogen-bond acceptors (Lipinski definition) is 9. The van der Waals surface area contributed by atoms with E-state index >= 15 is 0 Å². The average Bonchev–Trinajstić information content (AvgIpc) is 4.02. The van der Waals surface area contributed by atoms with E-state index in [1.807, 2.05) is 62.1 Å². The first kappa shape index (κ1) is 42.0. The summed E-state index contributed by atoms with van der Waals surface area (Å²) in [6.07, 6.45) is 1.34. The molecule has 0 aliphatic carbocycles. The smallest absolute Gasteiger partial charge is 0.320 e. The molecule has 2 unspecified atom stereocenters. The van der Waals surface area contributed by atoms with Crippen molar-refractivity contribution in [2.75, 3.05) is 49.9 Å². The van der Waals surface area contributed by atoms with Crippen LogP contribution < -0.4 is 10.6 Å². The number of carboxylic acid groups (broad SMARTS) is 1. The van der Waals surface area contributed by atoms with E-state index in [1.165, 1.54) is 24.3 Å². The minimum absolute atomic E-state index is 0.0415. The maximum Gasteiger partial charge on any atom is 0.320 e. The number of benzene rings is 4. The normalized spacial score (nSPS) is 18.4. The molecule has 4 aromatic rings. The minimum atomic E-state index is -0.882. The van der Waals surface area contributed by atoms with E-state index in [2.05, 4.69) is 20.6 Å². The number of rotatable bonds is 10. The first-order valence-electron chi connectivity index (χ1n) is 20.0. The fraction of sp³-hybridized carbons (Fsp3) is 0.348. The van der Waals surface area contributed by atoms with Crippen LogP contribution in [0.25, 0.3) is 0 Å². The number of aliphatic imine (C=N–C) groups is 2. The Balaban J connectivity index is 0.000000183. The Hall–Kier alpha value is -6.12. The number of fused-ring (bicyclic) bond motifs is 2. The van der Waals surface area contributed by atoms with E-state index in [-0.39, 0.29) is 54.3 Å². The lowest BCUT2D eigenvalue weighted by Crippen LogP contribution is -2.34. The van der Waals surface area contributed by atoms with Crippen molar-refractivity contribution >= 4 is 46.6 Å². The Morgan fingerprint density at radius 1 is 0.683 bits per heavy atom. The molecule has 2 fully saturated rings. The summed E-state index contributed by atoms with van der Waals surface area (Å²) in [4.78, 5) is 61.2. The number of halogens is 2. The molecule has 0 radical (unpaired) electrons. The number of carboxylic acids is 1. The molecule has 8 rings (SSSR count). The van der Waals surface area contributed by atoms with Gasteiger partial charge in [0.2, 0.25) is 11.8 Å². The van der Waals surface area contributed by atoms with Crippen molar-refractivity contribution in [3.8, 4) is 0 Å². The van der Waals surface area contributed by atoms with Gasteiger partial charge in [0, 0.05) is 46.7 Å². The Kier molecular flexibility index (Phi) is 12.6. The summed E-state index contributed by atoms with van der Waals surface area (Å²) < 4.78 is 31.9. The van der Waals surface area contributed by atoms with E-state index in [0.717, 1.165) is 44.8 Å². The van der Waals surface area contributed by atoms with E-state index in [4.69, 9.17) is 9.84 Å². The zero-order valence-electron chi connectivity index (χ0n) is 33.8. The molecule has 60 heavy (non-hydrogen) atoms. The largest absolute Gasteiger partial charge is 0.480 e. The molecule has 312 valence electrons. The van der Waals surface area contributed by atoms with Crippen molar-refractivity contribution in [1.82, 2.24) is 9.80 Å². The molecule has 0 spiro atoms. The number of esters is 1. The average molecular weight is 819 g/mol. The van der Waals surface area contributed by atoms with Gasteiger partial charge in [-0.05, 0) is 131 Å². The van der Waals surface area contributed by atoms with Crippen LogP contribution in [0, 0.1) is 23.5 Å². The molecule has 0 aromatic heterocycles. The molecule has 4 aliphatic heterocycles. The Labute approximate surface area is 347 Å². The summed E-state index contributed by atoms with van der Waals surface area (Å²) in [6.45, 7) is 9.07. The van der Waals surface area contributed by atoms with Gasteiger partial charge >= 0.3 is 11.9 Å². The number of aliphatic carboxylic acids is 1. The Morgan fingerprint density at radius 3 is 1.53 bits per heavy atom. The van der Waals surface area contributed by atoms with Crippen molar-refractivity contribution in [3.63, 3.8) is 0 Å². The van der Waals surface area contributed by atoms with E-state index in [9.17, 15) is 28.0 Å². The molecule has 0 saturated carbocycles. The number of carbonyl (C=O) groups is 4. The fourth-order valence-electron chi connectivity index (χ4n) is 7.85. The van der Waals surface area contributed by atoms with E-state index in [1.54, 1.807) is 29.2 Å². The summed E-state index contributed by atoms with van der Waals surface area (Å²) in [5, 5.41) is 14.8. The molecule has 0 bridgehead atoms. The standard InChI is InChI=1S/C25H28FN3O3.C21H20FN3O3/c1-25(2,3)32-22(30)15-29-11-10-18(14-29)24(31)28-20-9-6-17-13-27-23(21(17)12-20)16-4-7-19(26)8-5-16;22-16-4-1-13(2-5-16)20-18-9-17(6-3-14(18)10-23-20)24-21(28)15-7-8-25(11-15)12-19(26)27/h4-9,12,18H,10-11,13-15H2,1-3H3,(H,28,31);1-6,9,15H,7-8,10-12H2,(H,24,28)(H,26,27). The van der Waals surface area contributed by atoms with Gasteiger partial charge in [-0.25, -0.2) is 8.78 Å². The lowest BCUT2D eigenvalue weighted by Gasteiger charge is -2.22. The molecule has 2 saturated heterocycles. The quantitative estimate of drug-likeness (QED) is 0.158. The second-order valence-corrected chi connectivity index (χ2v) is 16.5. The van der Waals surface area contributed by atoms with Gasteiger partial charge in [-0.3, -0.25) is 39.0 Å². The third-order valence-corrected chi connectivity index (χ3v) is 10.7. The predicted octanol–water partition coefficient (Wildman–Crippen LogP) is 6.30. The molecule has 2 atom stereocenters. The summed E-state index contributed by atoms with van der Waals surface area (Å²) in [5.41, 5.74) is 8.17. The van der Waals surface area contributed by atoms with Gasteiger partial charge in [-0.2, -0.15) is 0 Å². The zero-order chi connectivity index (χ0) is 42.6. The molecular formula is C46H48F2N6O6. The second kappa shape index (κ2) is 18.0. The van der Waals surface area contributed by atoms with Crippen LogP contribution in [0.4, 0.5) is 20.2 Å². The van der Waals surface area contributed by atoms with Gasteiger partial charge in [0.05, 0.1) is 49.4 Å². The SMILES string of the molecule is CC(C)(C)OC(=O)CN1CCC(C(=O)Nc2ccc3c(c2)C(c2ccc(F)cc2)=NC3)C1.O=C(O)CN1CCC(C(=O)Nc2ccc3c(c2)C(c2ccc(F)cc2)=NC3)C1. The number of carbonyl (C=O) groups excluding carboxylic acids is 3. The van der Waals surface area contributed by atoms with Crippen LogP contribution in [0.15, 0.2) is 94.9 Å². The summed E-state index contributed by atoms with van der Waals surface area (Å²) in [7, 11) is 0. The predicted molar refractivity (Wildman–Crippen MR) is 224 cm³/mol. The first-order chi connectivity index (χ1) is 28.7. The topological polar surface area (TPSA) is 153 Å². The van der Waals surface area contributed by atoms with E-state index < -0.39 is 11.6 Å². The van der Waals surface area contributed by atoms with Crippen LogP contribution in [-0.4, -0.2) is 95.0 Å². The maximum absolute atomic E-state index is 13.3. The fourth-order valence-corrected chi connectivity index (χ4v) is 7.85. The lowest BCUT2D eigenvalue weighted by atomic mass is 9.99. The molecule has 4 aliphatic rings. The van der Waals surface area contributed by atoms with Gasteiger partial charge in [0.15, 0.2) is 0 Å². The van der Waals surface area contributed by atoms with Crippen molar-refractivity contribution in [2.45, 2.75) is 52.3 Å². The molecule has 12 nitrogen and oxygen atoms in total. The number of nitrogens with one attached hydrogen (secondary N) is 2. The third-order valence-electron chi connectivity index (χ3n) is 10.7. The molecule has 4 aromatic carbocycles. The Morgan fingerprint density at radius 2 is 1.12 bits per heavy atom. The van der Waals surface area contributed by atoms with Gasteiger partial charge in [-0.15, -0.1) is 0 Å². The molecule has 14 heteroatoms. The summed E-state index contributed by atoms with van der Waals surface area (Å²) in [6, 6.07) is 23.9. The van der Waals surface area contributed by atoms with Crippen molar-refractivity contribution < 1.29 is 37.8 Å². The Bertz CT molecular complexity index is 2340. The van der Waals surface area contributed by atoms with Gasteiger partial charge in [0.25, 0.3) is 0 Å². The van der Waals surface area contributed by atoms with Gasteiger partial charge in [0.1, 0.15) is 17.2 Å². The number of amides is 2. The van der Waals surface area contributed by atoms with Crippen LogP contribution in [-0.2, 0) is 37.0 Å². The highest BCUT2D eigenvalue weighted by molar-refractivity contribution is 6.16. The summed E-state index contributed by atoms with van der Waals surface area (Å²) in [5.74, 6) is -2.31. The number of ether oxygens (including phenoxy) is 1. The molecule has 2 amide bonds. The molecule has 3 N–H and O–H groups in total. The van der Waals surface area contributed by atoms with Gasteiger partial charge < -0.3 is 20.5 Å². The first-order valence-corrected chi connectivity index (χ1v) is 20.0. The van der Waals surface area contributed by atoms with Crippen LogP contribution in [0.3, 0.4) is 0 Å². The number of likely N-dealkylation sites (tertiary alicyclic amines) is 2. The maximum atomic E-state index is 13.3. The number of hydrogen-bond donors (Lipinski definition) is 3. The number of anilines is 2. The van der Waals surface area contributed by atoms with Crippen LogP contribution >= 0.6 is 0 Å². The van der Waals surface area contributed by atoms with Crippen LogP contribution in [0.1, 0.15) is 67.0 Å². The van der Waals surface area contributed by atoms with Crippen LogP contribution in [0.5, 0.6) is 0 Å². The highest BCUT2D eigenvalue weighted by atomic mass is 19.1. The monoisotopic (exact) mass is 818 g/mol. The van der Waals surface area contributed by atoms with Crippen molar-refractivity contribution in [2.24, 2.45) is 21.8 Å². The van der Waals surface area contributed by atoms with Crippen molar-refractivity contribution in [3.05, 3.63) is 130 Å². The van der Waals surface area contributed by atoms with Crippen LogP contribution in [0.2, 0.25) is 0 Å². The van der Waals surface area contributed by atoms with Gasteiger partial charge in [-0.1, -0.05) is 12.1 Å². The minimum Gasteiger partial charge on any atom is -0.480 e. The highest BCUT2D eigenvalue weighted by Gasteiger charge is 2.32. The molecule has 4 heterocycles. The number of nitrogens with zero attached hydrogens (tertiary/aromatic N) is 4.